The van der Waals surface area contributed by atoms with Gasteiger partial charge in [-0.25, -0.2) is 4.99 Å². The zero-order chi connectivity index (χ0) is 9.52. The van der Waals surface area contributed by atoms with Gasteiger partial charge in [0.05, 0.1) is 12.3 Å². The van der Waals surface area contributed by atoms with Gasteiger partial charge in [0.2, 0.25) is 0 Å². The van der Waals surface area contributed by atoms with Crippen molar-refractivity contribution in [3.8, 4) is 5.75 Å². The van der Waals surface area contributed by atoms with Crippen molar-refractivity contribution in [3.05, 3.63) is 24.3 Å². The van der Waals surface area contributed by atoms with Gasteiger partial charge in [-0.05, 0) is 19.1 Å². The summed E-state index contributed by atoms with van der Waals surface area (Å²) < 4.78 is 5.27. The van der Waals surface area contributed by atoms with Crippen LogP contribution in [0.1, 0.15) is 6.92 Å². The summed E-state index contributed by atoms with van der Waals surface area (Å²) in [5, 5.41) is 8.27. The van der Waals surface area contributed by atoms with Crippen molar-refractivity contribution in [2.75, 3.05) is 6.61 Å². The lowest BCUT2D eigenvalue weighted by Gasteiger charge is -2.02. The highest BCUT2D eigenvalue weighted by Crippen LogP contribution is 2.19. The molecule has 2 N–H and O–H groups in total. The molecule has 0 unspecified atom stereocenters. The number of rotatable bonds is 4. The van der Waals surface area contributed by atoms with Gasteiger partial charge in [-0.1, -0.05) is 6.07 Å². The molecule has 1 aromatic rings. The highest BCUT2D eigenvalue weighted by molar-refractivity contribution is 5.60. The Hall–Kier alpha value is -1.55. The summed E-state index contributed by atoms with van der Waals surface area (Å²) in [6.45, 7) is 2.55. The average molecular weight is 180 g/mol. The fraction of sp³-hybridized carbons (Fsp3) is 0.222. The molecule has 0 amide bonds. The van der Waals surface area contributed by atoms with Gasteiger partial charge in [0.25, 0.3) is 0 Å². The van der Waals surface area contributed by atoms with E-state index in [0.29, 0.717) is 6.61 Å². The monoisotopic (exact) mass is 180 g/mol. The quantitative estimate of drug-likeness (QED) is 0.421. The van der Waals surface area contributed by atoms with E-state index in [1.54, 1.807) is 6.07 Å². The van der Waals surface area contributed by atoms with E-state index >= 15 is 0 Å². The fourth-order valence-electron chi connectivity index (χ4n) is 0.924. The van der Waals surface area contributed by atoms with E-state index in [2.05, 4.69) is 4.99 Å². The van der Waals surface area contributed by atoms with E-state index in [4.69, 9.17) is 9.94 Å². The third-order valence-electron chi connectivity index (χ3n) is 1.40. The van der Waals surface area contributed by atoms with Crippen LogP contribution in [0.2, 0.25) is 0 Å². The normalized spacial score (nSPS) is 10.3. The topological polar surface area (TPSA) is 53.8 Å². The van der Waals surface area contributed by atoms with Gasteiger partial charge < -0.3 is 4.74 Å². The first-order chi connectivity index (χ1) is 6.36. The zero-order valence-corrected chi connectivity index (χ0v) is 7.40. The van der Waals surface area contributed by atoms with Crippen LogP contribution >= 0.6 is 0 Å². The van der Waals surface area contributed by atoms with E-state index < -0.39 is 0 Å². The SMILES string of the molecule is CCOc1cccc(N=CNO)c1. The Balaban J connectivity index is 2.73. The maximum absolute atomic E-state index is 8.27. The van der Waals surface area contributed by atoms with E-state index in [0.717, 1.165) is 11.4 Å². The minimum Gasteiger partial charge on any atom is -0.494 e. The fourth-order valence-corrected chi connectivity index (χ4v) is 0.924. The molecule has 70 valence electrons. The molecule has 0 fully saturated rings. The Labute approximate surface area is 76.8 Å². The maximum Gasteiger partial charge on any atom is 0.121 e. The summed E-state index contributed by atoms with van der Waals surface area (Å²) in [7, 11) is 0. The number of hydrogen-bond donors (Lipinski definition) is 2. The van der Waals surface area contributed by atoms with Gasteiger partial charge >= 0.3 is 0 Å². The minimum absolute atomic E-state index is 0.630. The molecule has 4 heteroatoms. The standard InChI is InChI=1S/C9H12N2O2/c1-2-13-9-5-3-4-8(6-9)10-7-11-12/h3-7,12H,2H2,1H3,(H,10,11). The molecule has 0 aliphatic carbocycles. The van der Waals surface area contributed by atoms with Gasteiger partial charge in [0.15, 0.2) is 0 Å². The molecule has 0 heterocycles. The van der Waals surface area contributed by atoms with Crippen LogP contribution in [0.5, 0.6) is 5.75 Å². The van der Waals surface area contributed by atoms with Crippen LogP contribution in [0, 0.1) is 0 Å². The van der Waals surface area contributed by atoms with Gasteiger partial charge in [-0.2, -0.15) is 0 Å². The Bertz CT molecular complexity index is 287. The third kappa shape index (κ3) is 3.13. The van der Waals surface area contributed by atoms with E-state index in [1.165, 1.54) is 6.34 Å². The number of aliphatic imine (C=N–C) groups is 1. The lowest BCUT2D eigenvalue weighted by Crippen LogP contribution is -2.00. The van der Waals surface area contributed by atoms with Gasteiger partial charge in [-0.15, -0.1) is 0 Å². The van der Waals surface area contributed by atoms with Crippen LogP contribution in [0.4, 0.5) is 5.69 Å². The van der Waals surface area contributed by atoms with Crippen molar-refractivity contribution in [2.24, 2.45) is 4.99 Å². The molecule has 13 heavy (non-hydrogen) atoms. The Morgan fingerprint density at radius 1 is 1.62 bits per heavy atom. The van der Waals surface area contributed by atoms with Crippen molar-refractivity contribution in [1.82, 2.24) is 5.48 Å². The van der Waals surface area contributed by atoms with Gasteiger partial charge in [0, 0.05) is 6.07 Å². The molecule has 0 aromatic heterocycles. The van der Waals surface area contributed by atoms with E-state index in [1.807, 2.05) is 30.6 Å². The molecule has 0 atom stereocenters. The number of ether oxygens (including phenoxy) is 1. The second kappa shape index (κ2) is 5.16. The second-order valence-electron chi connectivity index (χ2n) is 2.32. The van der Waals surface area contributed by atoms with E-state index in [9.17, 15) is 0 Å². The van der Waals surface area contributed by atoms with Crippen LogP contribution in [0.25, 0.3) is 0 Å². The summed E-state index contributed by atoms with van der Waals surface area (Å²) in [6.07, 6.45) is 1.20. The number of hydrogen-bond acceptors (Lipinski definition) is 3. The second-order valence-corrected chi connectivity index (χ2v) is 2.32. The van der Waals surface area contributed by atoms with Gasteiger partial charge in [-0.3, -0.25) is 10.7 Å². The molecule has 1 rings (SSSR count). The number of benzene rings is 1. The first-order valence-electron chi connectivity index (χ1n) is 4.02. The molecule has 0 radical (unpaired) electrons. The number of nitrogens with one attached hydrogen (secondary N) is 1. The van der Waals surface area contributed by atoms with Crippen LogP contribution in [0.15, 0.2) is 29.3 Å². The smallest absolute Gasteiger partial charge is 0.121 e. The summed E-state index contributed by atoms with van der Waals surface area (Å²) in [5.41, 5.74) is 2.56. The van der Waals surface area contributed by atoms with Crippen LogP contribution in [0.3, 0.4) is 0 Å². The summed E-state index contributed by atoms with van der Waals surface area (Å²) in [4.78, 5) is 3.90. The van der Waals surface area contributed by atoms with E-state index in [-0.39, 0.29) is 0 Å². The Kier molecular flexibility index (Phi) is 3.78. The summed E-state index contributed by atoms with van der Waals surface area (Å²) in [5.74, 6) is 0.773. The summed E-state index contributed by atoms with van der Waals surface area (Å²) in [6, 6.07) is 7.30. The highest BCUT2D eigenvalue weighted by Gasteiger charge is 1.92. The number of hydroxylamine groups is 1. The lowest BCUT2D eigenvalue weighted by molar-refractivity contribution is 0.240. The van der Waals surface area contributed by atoms with Crippen molar-refractivity contribution in [1.29, 1.82) is 0 Å². The lowest BCUT2D eigenvalue weighted by atomic mass is 10.3. The van der Waals surface area contributed by atoms with Gasteiger partial charge in [0.1, 0.15) is 12.1 Å². The molecule has 0 aliphatic heterocycles. The molecule has 0 spiro atoms. The van der Waals surface area contributed by atoms with Crippen molar-refractivity contribution < 1.29 is 9.94 Å². The maximum atomic E-state index is 8.27. The summed E-state index contributed by atoms with van der Waals surface area (Å²) >= 11 is 0. The average Bonchev–Trinajstić information content (AvgIpc) is 2.16. The molecule has 4 nitrogen and oxygen atoms in total. The Morgan fingerprint density at radius 3 is 3.15 bits per heavy atom. The predicted molar refractivity (Wildman–Crippen MR) is 50.7 cm³/mol. The molecule has 1 aromatic carbocycles. The largest absolute Gasteiger partial charge is 0.494 e. The van der Waals surface area contributed by atoms with Crippen LogP contribution in [-0.4, -0.2) is 18.2 Å². The predicted octanol–water partition coefficient (Wildman–Crippen LogP) is 1.72. The van der Waals surface area contributed by atoms with Crippen molar-refractivity contribution in [2.45, 2.75) is 6.92 Å². The zero-order valence-electron chi connectivity index (χ0n) is 7.40. The van der Waals surface area contributed by atoms with Crippen molar-refractivity contribution >= 4 is 12.0 Å². The molecular weight excluding hydrogens is 168 g/mol. The first-order valence-corrected chi connectivity index (χ1v) is 4.02. The van der Waals surface area contributed by atoms with Crippen LogP contribution < -0.4 is 10.2 Å². The van der Waals surface area contributed by atoms with Crippen molar-refractivity contribution in [3.63, 3.8) is 0 Å². The molecule has 0 saturated heterocycles. The molecular formula is C9H12N2O2. The molecule has 0 bridgehead atoms. The highest BCUT2D eigenvalue weighted by atomic mass is 16.5. The molecule has 0 saturated carbocycles. The first kappa shape index (κ1) is 9.54. The number of nitrogens with zero attached hydrogens (tertiary/aromatic N) is 1. The Morgan fingerprint density at radius 2 is 2.46 bits per heavy atom. The third-order valence-corrected chi connectivity index (χ3v) is 1.40. The molecule has 0 aliphatic rings. The van der Waals surface area contributed by atoms with Crippen LogP contribution in [-0.2, 0) is 0 Å². The minimum atomic E-state index is 0.630.